The Hall–Kier alpha value is -1.97. The molecule has 2 N–H and O–H groups in total. The predicted molar refractivity (Wildman–Crippen MR) is 74.0 cm³/mol. The van der Waals surface area contributed by atoms with Gasteiger partial charge in [0.25, 0.3) is 0 Å². The van der Waals surface area contributed by atoms with Crippen molar-refractivity contribution in [1.29, 1.82) is 0 Å². The Labute approximate surface area is 107 Å². The number of rotatable bonds is 4. The third-order valence-electron chi connectivity index (χ3n) is 2.96. The van der Waals surface area contributed by atoms with Crippen LogP contribution in [-0.2, 0) is 0 Å². The largest absolute Gasteiger partial charge is 0.466 e. The molecule has 0 saturated heterocycles. The van der Waals surface area contributed by atoms with Gasteiger partial charge in [-0.2, -0.15) is 0 Å². The summed E-state index contributed by atoms with van der Waals surface area (Å²) in [6, 6.07) is 4.30. The van der Waals surface area contributed by atoms with Crippen molar-refractivity contribution in [2.45, 2.75) is 26.8 Å². The Morgan fingerprint density at radius 2 is 1.89 bits per heavy atom. The van der Waals surface area contributed by atoms with Gasteiger partial charge in [-0.25, -0.2) is 0 Å². The molecule has 2 rings (SSSR count). The first-order valence-electron chi connectivity index (χ1n) is 6.06. The fourth-order valence-corrected chi connectivity index (χ4v) is 2.06. The van der Waals surface area contributed by atoms with Gasteiger partial charge >= 0.3 is 0 Å². The van der Waals surface area contributed by atoms with Crippen LogP contribution in [-0.4, -0.2) is 12.0 Å². The van der Waals surface area contributed by atoms with Gasteiger partial charge in [0, 0.05) is 12.6 Å². The quantitative estimate of drug-likeness (QED) is 0.865. The minimum Gasteiger partial charge on any atom is -0.466 e. The lowest BCUT2D eigenvalue weighted by molar-refractivity contribution is 0.500. The standard InChI is InChI=1S/C14H19N3O/c1-9-5-14(11(3)18-9)10(2)17-13-6-12(15-4)7-16-8-13/h5-8,10,15,17H,1-4H3. The van der Waals surface area contributed by atoms with Crippen LogP contribution in [0.5, 0.6) is 0 Å². The summed E-state index contributed by atoms with van der Waals surface area (Å²) < 4.78 is 5.55. The van der Waals surface area contributed by atoms with E-state index in [4.69, 9.17) is 4.42 Å². The summed E-state index contributed by atoms with van der Waals surface area (Å²) >= 11 is 0. The second-order valence-corrected chi connectivity index (χ2v) is 4.45. The lowest BCUT2D eigenvalue weighted by Gasteiger charge is -2.15. The van der Waals surface area contributed by atoms with E-state index in [0.717, 1.165) is 22.9 Å². The molecule has 0 fully saturated rings. The maximum Gasteiger partial charge on any atom is 0.106 e. The van der Waals surface area contributed by atoms with Crippen LogP contribution in [0.1, 0.15) is 30.0 Å². The Bertz CT molecular complexity index is 534. The van der Waals surface area contributed by atoms with Crippen LogP contribution in [0.15, 0.2) is 28.9 Å². The van der Waals surface area contributed by atoms with Gasteiger partial charge in [0.05, 0.1) is 29.8 Å². The summed E-state index contributed by atoms with van der Waals surface area (Å²) in [6.07, 6.45) is 3.61. The second-order valence-electron chi connectivity index (χ2n) is 4.45. The van der Waals surface area contributed by atoms with E-state index in [9.17, 15) is 0 Å². The number of nitrogens with one attached hydrogen (secondary N) is 2. The molecule has 96 valence electrons. The molecule has 0 spiro atoms. The Morgan fingerprint density at radius 3 is 2.50 bits per heavy atom. The third kappa shape index (κ3) is 2.64. The molecule has 4 heteroatoms. The molecule has 2 aromatic rings. The number of aromatic nitrogens is 1. The van der Waals surface area contributed by atoms with Gasteiger partial charge in [0.1, 0.15) is 11.5 Å². The Balaban J connectivity index is 2.15. The lowest BCUT2D eigenvalue weighted by atomic mass is 10.1. The average molecular weight is 245 g/mol. The van der Waals surface area contributed by atoms with Crippen LogP contribution in [0, 0.1) is 13.8 Å². The third-order valence-corrected chi connectivity index (χ3v) is 2.96. The van der Waals surface area contributed by atoms with Crippen LogP contribution in [0.3, 0.4) is 0 Å². The molecule has 0 aliphatic heterocycles. The van der Waals surface area contributed by atoms with E-state index < -0.39 is 0 Å². The highest BCUT2D eigenvalue weighted by Crippen LogP contribution is 2.25. The maximum absolute atomic E-state index is 5.55. The average Bonchev–Trinajstić information content (AvgIpc) is 2.69. The summed E-state index contributed by atoms with van der Waals surface area (Å²) in [5.41, 5.74) is 3.17. The highest BCUT2D eigenvalue weighted by atomic mass is 16.3. The molecular weight excluding hydrogens is 226 g/mol. The number of hydrogen-bond acceptors (Lipinski definition) is 4. The highest BCUT2D eigenvalue weighted by Gasteiger charge is 2.12. The van der Waals surface area contributed by atoms with Crippen molar-refractivity contribution in [3.63, 3.8) is 0 Å². The molecule has 0 aliphatic rings. The van der Waals surface area contributed by atoms with Crippen molar-refractivity contribution in [3.8, 4) is 0 Å². The molecule has 2 aromatic heterocycles. The fourth-order valence-electron chi connectivity index (χ4n) is 2.06. The molecule has 0 aliphatic carbocycles. The number of pyridine rings is 1. The first-order chi connectivity index (χ1) is 8.60. The van der Waals surface area contributed by atoms with Crippen LogP contribution < -0.4 is 10.6 Å². The SMILES string of the molecule is CNc1cncc(NC(C)c2cc(C)oc2C)c1. The maximum atomic E-state index is 5.55. The molecule has 1 atom stereocenters. The van der Waals surface area contributed by atoms with Crippen molar-refractivity contribution in [2.24, 2.45) is 0 Å². The molecular formula is C14H19N3O. The topological polar surface area (TPSA) is 50.1 Å². The monoisotopic (exact) mass is 245 g/mol. The molecule has 4 nitrogen and oxygen atoms in total. The summed E-state index contributed by atoms with van der Waals surface area (Å²) in [6.45, 7) is 6.07. The minimum atomic E-state index is 0.191. The van der Waals surface area contributed by atoms with Crippen molar-refractivity contribution >= 4 is 11.4 Å². The van der Waals surface area contributed by atoms with Gasteiger partial charge in [-0.3, -0.25) is 4.98 Å². The number of nitrogens with zero attached hydrogens (tertiary/aromatic N) is 1. The van der Waals surface area contributed by atoms with E-state index in [0.29, 0.717) is 0 Å². The molecule has 0 saturated carbocycles. The molecule has 0 bridgehead atoms. The van der Waals surface area contributed by atoms with E-state index in [1.54, 1.807) is 6.20 Å². The zero-order chi connectivity index (χ0) is 13.1. The van der Waals surface area contributed by atoms with Gasteiger partial charge in [-0.05, 0) is 32.9 Å². The smallest absolute Gasteiger partial charge is 0.106 e. The molecule has 0 aromatic carbocycles. The first kappa shape index (κ1) is 12.5. The number of furan rings is 1. The summed E-state index contributed by atoms with van der Waals surface area (Å²) in [5, 5.41) is 6.50. The molecule has 18 heavy (non-hydrogen) atoms. The van der Waals surface area contributed by atoms with Crippen molar-refractivity contribution in [3.05, 3.63) is 41.6 Å². The van der Waals surface area contributed by atoms with E-state index in [2.05, 4.69) is 28.6 Å². The lowest BCUT2D eigenvalue weighted by Crippen LogP contribution is -2.07. The predicted octanol–water partition coefficient (Wildman–Crippen LogP) is 3.51. The summed E-state index contributed by atoms with van der Waals surface area (Å²) in [5.74, 6) is 1.91. The van der Waals surface area contributed by atoms with Crippen LogP contribution >= 0.6 is 0 Å². The first-order valence-corrected chi connectivity index (χ1v) is 6.06. The fraction of sp³-hybridized carbons (Fsp3) is 0.357. The van der Waals surface area contributed by atoms with Gasteiger partial charge in [-0.1, -0.05) is 0 Å². The summed E-state index contributed by atoms with van der Waals surface area (Å²) in [4.78, 5) is 4.18. The van der Waals surface area contributed by atoms with Gasteiger partial charge in [0.15, 0.2) is 0 Å². The van der Waals surface area contributed by atoms with E-state index >= 15 is 0 Å². The number of hydrogen-bond donors (Lipinski definition) is 2. The Morgan fingerprint density at radius 1 is 1.17 bits per heavy atom. The molecule has 0 amide bonds. The highest BCUT2D eigenvalue weighted by molar-refractivity contribution is 5.54. The van der Waals surface area contributed by atoms with Crippen LogP contribution in [0.2, 0.25) is 0 Å². The minimum absolute atomic E-state index is 0.191. The van der Waals surface area contributed by atoms with Crippen molar-refractivity contribution in [1.82, 2.24) is 4.98 Å². The zero-order valence-corrected chi connectivity index (χ0v) is 11.2. The molecule has 0 radical (unpaired) electrons. The van der Waals surface area contributed by atoms with E-state index in [1.807, 2.05) is 33.2 Å². The Kier molecular flexibility index (Phi) is 3.55. The van der Waals surface area contributed by atoms with Crippen LogP contribution in [0.25, 0.3) is 0 Å². The van der Waals surface area contributed by atoms with E-state index in [1.165, 1.54) is 5.56 Å². The zero-order valence-electron chi connectivity index (χ0n) is 11.2. The van der Waals surface area contributed by atoms with Crippen LogP contribution in [0.4, 0.5) is 11.4 Å². The van der Waals surface area contributed by atoms with Crippen molar-refractivity contribution in [2.75, 3.05) is 17.7 Å². The molecule has 1 unspecified atom stereocenters. The molecule has 2 heterocycles. The van der Waals surface area contributed by atoms with Crippen molar-refractivity contribution < 1.29 is 4.42 Å². The van der Waals surface area contributed by atoms with Gasteiger partial charge in [-0.15, -0.1) is 0 Å². The normalized spacial score (nSPS) is 12.2. The van der Waals surface area contributed by atoms with E-state index in [-0.39, 0.29) is 6.04 Å². The van der Waals surface area contributed by atoms with Gasteiger partial charge in [0.2, 0.25) is 0 Å². The number of aryl methyl sites for hydroxylation is 2. The second kappa shape index (κ2) is 5.12. The summed E-state index contributed by atoms with van der Waals surface area (Å²) in [7, 11) is 1.88. The number of anilines is 2. The van der Waals surface area contributed by atoms with Gasteiger partial charge < -0.3 is 15.1 Å².